The number of hydrogen-bond acceptors (Lipinski definition) is 6. The summed E-state index contributed by atoms with van der Waals surface area (Å²) in [6.07, 6.45) is 2.04. The van der Waals surface area contributed by atoms with E-state index in [1.807, 2.05) is 13.0 Å². The Labute approximate surface area is 122 Å². The Morgan fingerprint density at radius 3 is 2.76 bits per heavy atom. The van der Waals surface area contributed by atoms with Crippen molar-refractivity contribution in [3.05, 3.63) is 29.3 Å². The number of likely N-dealkylation sites (tertiary alicyclic amines) is 1. The van der Waals surface area contributed by atoms with Crippen molar-refractivity contribution in [2.45, 2.75) is 32.7 Å². The third-order valence-electron chi connectivity index (χ3n) is 3.59. The Balaban J connectivity index is 1.62. The van der Waals surface area contributed by atoms with Gasteiger partial charge in [0, 0.05) is 12.1 Å². The van der Waals surface area contributed by atoms with E-state index in [1.54, 1.807) is 13.0 Å². The van der Waals surface area contributed by atoms with Crippen molar-refractivity contribution >= 4 is 11.7 Å². The fraction of sp³-hybridized carbons (Fsp3) is 0.500. The van der Waals surface area contributed by atoms with Gasteiger partial charge in [-0.15, -0.1) is 0 Å². The quantitative estimate of drug-likeness (QED) is 0.927. The van der Waals surface area contributed by atoms with Crippen LogP contribution in [0.15, 0.2) is 21.2 Å². The number of anilines is 1. The van der Waals surface area contributed by atoms with Gasteiger partial charge in [-0.05, 0) is 33.2 Å². The second-order valence-corrected chi connectivity index (χ2v) is 5.36. The lowest BCUT2D eigenvalue weighted by molar-refractivity contribution is -0.117. The molecular weight excluding hydrogens is 272 g/mol. The SMILES string of the molecule is Cc1cc(NC(=O)CN2CCC[C@@H]2c2cc(C)on2)no1. The summed E-state index contributed by atoms with van der Waals surface area (Å²) in [7, 11) is 0. The predicted molar refractivity (Wildman–Crippen MR) is 74.7 cm³/mol. The number of carbonyl (C=O) groups is 1. The van der Waals surface area contributed by atoms with E-state index in [-0.39, 0.29) is 11.9 Å². The van der Waals surface area contributed by atoms with Crippen molar-refractivity contribution in [3.8, 4) is 0 Å². The van der Waals surface area contributed by atoms with Crippen molar-refractivity contribution in [2.75, 3.05) is 18.4 Å². The van der Waals surface area contributed by atoms with Crippen LogP contribution in [0.1, 0.15) is 36.1 Å². The summed E-state index contributed by atoms with van der Waals surface area (Å²) in [5.74, 6) is 1.81. The number of carbonyl (C=O) groups excluding carboxylic acids is 1. The minimum absolute atomic E-state index is 0.101. The Morgan fingerprint density at radius 1 is 1.33 bits per heavy atom. The first-order chi connectivity index (χ1) is 10.1. The fourth-order valence-electron chi connectivity index (χ4n) is 2.69. The fourth-order valence-corrected chi connectivity index (χ4v) is 2.69. The zero-order valence-electron chi connectivity index (χ0n) is 12.1. The lowest BCUT2D eigenvalue weighted by Gasteiger charge is -2.21. The molecule has 1 aliphatic rings. The minimum atomic E-state index is -0.101. The second kappa shape index (κ2) is 5.69. The number of nitrogens with zero attached hydrogens (tertiary/aromatic N) is 3. The molecule has 0 aliphatic carbocycles. The van der Waals surface area contributed by atoms with E-state index in [0.717, 1.165) is 30.8 Å². The Morgan fingerprint density at radius 2 is 2.10 bits per heavy atom. The molecule has 2 aromatic rings. The predicted octanol–water partition coefficient (Wildman–Crippen LogP) is 2.06. The molecule has 1 atom stereocenters. The van der Waals surface area contributed by atoms with Crippen LogP contribution >= 0.6 is 0 Å². The van der Waals surface area contributed by atoms with Crippen LogP contribution in [0.25, 0.3) is 0 Å². The van der Waals surface area contributed by atoms with Crippen LogP contribution in [0.3, 0.4) is 0 Å². The normalized spacial score (nSPS) is 19.0. The van der Waals surface area contributed by atoms with E-state index >= 15 is 0 Å². The summed E-state index contributed by atoms with van der Waals surface area (Å²) < 4.78 is 10.1. The standard InChI is InChI=1S/C14H18N4O3/c1-9-6-11(16-20-9)12-4-3-5-18(12)8-14(19)15-13-7-10(2)21-17-13/h6-7,12H,3-5,8H2,1-2H3,(H,15,17,19)/t12-/m1/s1. The summed E-state index contributed by atoms with van der Waals surface area (Å²) in [4.78, 5) is 14.2. The van der Waals surface area contributed by atoms with Gasteiger partial charge in [0.05, 0.1) is 12.6 Å². The summed E-state index contributed by atoms with van der Waals surface area (Å²) in [5.41, 5.74) is 0.898. The highest BCUT2D eigenvalue weighted by Crippen LogP contribution is 2.31. The van der Waals surface area contributed by atoms with Gasteiger partial charge in [-0.2, -0.15) is 0 Å². The molecule has 0 spiro atoms. The van der Waals surface area contributed by atoms with E-state index in [1.165, 1.54) is 0 Å². The zero-order valence-corrected chi connectivity index (χ0v) is 12.1. The Kier molecular flexibility index (Phi) is 3.74. The molecule has 0 unspecified atom stereocenters. The van der Waals surface area contributed by atoms with Gasteiger partial charge in [-0.25, -0.2) is 0 Å². The first-order valence-electron chi connectivity index (χ1n) is 7.02. The van der Waals surface area contributed by atoms with Gasteiger partial charge in [-0.1, -0.05) is 10.3 Å². The van der Waals surface area contributed by atoms with Crippen LogP contribution in [0.5, 0.6) is 0 Å². The molecule has 7 nitrogen and oxygen atoms in total. The van der Waals surface area contributed by atoms with E-state index in [2.05, 4.69) is 20.5 Å². The van der Waals surface area contributed by atoms with Gasteiger partial charge in [-0.3, -0.25) is 9.69 Å². The van der Waals surface area contributed by atoms with E-state index in [0.29, 0.717) is 18.1 Å². The van der Waals surface area contributed by atoms with Crippen molar-refractivity contribution in [2.24, 2.45) is 0 Å². The maximum atomic E-state index is 12.1. The zero-order chi connectivity index (χ0) is 14.8. The monoisotopic (exact) mass is 290 g/mol. The number of nitrogens with one attached hydrogen (secondary N) is 1. The highest BCUT2D eigenvalue weighted by Gasteiger charge is 2.29. The average Bonchev–Trinajstić information content (AvgIpc) is 3.12. The van der Waals surface area contributed by atoms with Gasteiger partial charge in [0.25, 0.3) is 0 Å². The van der Waals surface area contributed by atoms with E-state index < -0.39 is 0 Å². The third kappa shape index (κ3) is 3.13. The molecule has 2 aromatic heterocycles. The molecule has 0 radical (unpaired) electrons. The van der Waals surface area contributed by atoms with Crippen molar-refractivity contribution < 1.29 is 13.8 Å². The topological polar surface area (TPSA) is 84.4 Å². The molecule has 1 aliphatic heterocycles. The molecule has 0 bridgehead atoms. The van der Waals surface area contributed by atoms with Gasteiger partial charge in [0.1, 0.15) is 17.2 Å². The third-order valence-corrected chi connectivity index (χ3v) is 3.59. The van der Waals surface area contributed by atoms with Crippen LogP contribution in [-0.4, -0.2) is 34.2 Å². The van der Waals surface area contributed by atoms with Crippen LogP contribution in [0.2, 0.25) is 0 Å². The molecule has 1 N–H and O–H groups in total. The first-order valence-corrected chi connectivity index (χ1v) is 7.02. The van der Waals surface area contributed by atoms with Crippen LogP contribution < -0.4 is 5.32 Å². The van der Waals surface area contributed by atoms with Gasteiger partial charge < -0.3 is 14.4 Å². The van der Waals surface area contributed by atoms with E-state index in [9.17, 15) is 4.79 Å². The maximum Gasteiger partial charge on any atom is 0.239 e. The molecule has 3 heterocycles. The summed E-state index contributed by atoms with van der Waals surface area (Å²) >= 11 is 0. The maximum absolute atomic E-state index is 12.1. The number of amides is 1. The number of aromatic nitrogens is 2. The van der Waals surface area contributed by atoms with Gasteiger partial charge in [0.2, 0.25) is 5.91 Å². The number of hydrogen-bond donors (Lipinski definition) is 1. The molecule has 0 saturated carbocycles. The van der Waals surface area contributed by atoms with Crippen molar-refractivity contribution in [1.29, 1.82) is 0 Å². The van der Waals surface area contributed by atoms with Crippen LogP contribution in [0.4, 0.5) is 5.82 Å². The summed E-state index contributed by atoms with van der Waals surface area (Å²) in [6, 6.07) is 3.77. The lowest BCUT2D eigenvalue weighted by Crippen LogP contribution is -2.33. The first kappa shape index (κ1) is 13.8. The summed E-state index contributed by atoms with van der Waals surface area (Å²) in [5, 5.41) is 10.6. The smallest absolute Gasteiger partial charge is 0.239 e. The minimum Gasteiger partial charge on any atom is -0.361 e. The van der Waals surface area contributed by atoms with Gasteiger partial charge >= 0.3 is 0 Å². The average molecular weight is 290 g/mol. The Bertz CT molecular complexity index is 634. The van der Waals surface area contributed by atoms with E-state index in [4.69, 9.17) is 9.05 Å². The van der Waals surface area contributed by atoms with Crippen molar-refractivity contribution in [1.82, 2.24) is 15.2 Å². The molecule has 1 amide bonds. The molecule has 7 heteroatoms. The van der Waals surface area contributed by atoms with Crippen molar-refractivity contribution in [3.63, 3.8) is 0 Å². The van der Waals surface area contributed by atoms with Crippen LogP contribution in [0, 0.1) is 13.8 Å². The highest BCUT2D eigenvalue weighted by atomic mass is 16.5. The number of rotatable bonds is 4. The molecule has 1 fully saturated rings. The molecule has 3 rings (SSSR count). The van der Waals surface area contributed by atoms with Crippen LogP contribution in [-0.2, 0) is 4.79 Å². The molecule has 1 saturated heterocycles. The lowest BCUT2D eigenvalue weighted by atomic mass is 10.1. The molecule has 21 heavy (non-hydrogen) atoms. The molecule has 112 valence electrons. The summed E-state index contributed by atoms with van der Waals surface area (Å²) in [6.45, 7) is 4.84. The highest BCUT2D eigenvalue weighted by molar-refractivity contribution is 5.91. The number of aryl methyl sites for hydroxylation is 2. The second-order valence-electron chi connectivity index (χ2n) is 5.36. The largest absolute Gasteiger partial charge is 0.361 e. The Hall–Kier alpha value is -2.15. The molecule has 0 aromatic carbocycles. The van der Waals surface area contributed by atoms with Gasteiger partial charge in [0.15, 0.2) is 5.82 Å². The molecular formula is C14H18N4O3.